The van der Waals surface area contributed by atoms with Crippen LogP contribution in [-0.4, -0.2) is 47.0 Å². The van der Waals surface area contributed by atoms with E-state index >= 15 is 0 Å². The molecule has 0 radical (unpaired) electrons. The highest BCUT2D eigenvalue weighted by Crippen LogP contribution is 2.46. The lowest BCUT2D eigenvalue weighted by Crippen LogP contribution is -2.55. The summed E-state index contributed by atoms with van der Waals surface area (Å²) >= 11 is 0. The predicted octanol–water partition coefficient (Wildman–Crippen LogP) is 4.63. The van der Waals surface area contributed by atoms with E-state index in [1.807, 2.05) is 24.3 Å². The second-order valence-corrected chi connectivity index (χ2v) is 8.99. The number of carboxylic acids is 1. The first-order chi connectivity index (χ1) is 15.0. The van der Waals surface area contributed by atoms with E-state index in [-0.39, 0.29) is 19.1 Å². The fourth-order valence-corrected chi connectivity index (χ4v) is 5.63. The molecule has 6 nitrogen and oxygen atoms in total. The minimum Gasteiger partial charge on any atom is -0.480 e. The Balaban J connectivity index is 1.40. The van der Waals surface area contributed by atoms with Crippen molar-refractivity contribution in [2.75, 3.05) is 13.2 Å². The van der Waals surface area contributed by atoms with Gasteiger partial charge in [0.1, 0.15) is 12.3 Å². The number of nitrogens with zero attached hydrogens (tertiary/aromatic N) is 1. The Bertz CT molecular complexity index is 975. The van der Waals surface area contributed by atoms with Gasteiger partial charge in [0.25, 0.3) is 0 Å². The van der Waals surface area contributed by atoms with Crippen LogP contribution in [0.1, 0.15) is 49.7 Å². The van der Waals surface area contributed by atoms with Gasteiger partial charge in [-0.05, 0) is 47.4 Å². The molecule has 5 rings (SSSR count). The number of ether oxygens (including phenoxy) is 2. The molecule has 1 aliphatic heterocycles. The topological polar surface area (TPSA) is 76.1 Å². The summed E-state index contributed by atoms with van der Waals surface area (Å²) < 4.78 is 11.8. The van der Waals surface area contributed by atoms with Crippen LogP contribution >= 0.6 is 0 Å². The molecule has 2 aromatic rings. The number of fused-ring (bicyclic) bond motifs is 3. The third kappa shape index (κ3) is 3.30. The SMILES string of the molecule is CC1CCCC2(C1)OCC(C(=O)O)N2C(=O)OCC1c2ccccc2-c2ccccc21. The van der Waals surface area contributed by atoms with Crippen LogP contribution in [0.5, 0.6) is 0 Å². The van der Waals surface area contributed by atoms with Gasteiger partial charge in [0, 0.05) is 5.92 Å². The zero-order valence-electron chi connectivity index (χ0n) is 17.6. The highest BCUT2D eigenvalue weighted by molar-refractivity contribution is 5.82. The van der Waals surface area contributed by atoms with Crippen LogP contribution in [0, 0.1) is 5.92 Å². The van der Waals surface area contributed by atoms with Gasteiger partial charge in [0.15, 0.2) is 6.04 Å². The maximum atomic E-state index is 13.3. The van der Waals surface area contributed by atoms with Crippen molar-refractivity contribution in [3.05, 3.63) is 59.7 Å². The number of carbonyl (C=O) groups excluding carboxylic acids is 1. The van der Waals surface area contributed by atoms with Crippen LogP contribution in [0.3, 0.4) is 0 Å². The highest BCUT2D eigenvalue weighted by atomic mass is 16.6. The second kappa shape index (κ2) is 7.68. The van der Waals surface area contributed by atoms with Crippen LogP contribution < -0.4 is 0 Å². The van der Waals surface area contributed by atoms with Crippen molar-refractivity contribution in [2.45, 2.75) is 50.3 Å². The van der Waals surface area contributed by atoms with Crippen LogP contribution in [0.15, 0.2) is 48.5 Å². The molecule has 162 valence electrons. The van der Waals surface area contributed by atoms with Crippen molar-refractivity contribution in [3.63, 3.8) is 0 Å². The number of carbonyl (C=O) groups is 2. The number of carboxylic acid groups (broad SMARTS) is 1. The molecule has 2 aliphatic carbocycles. The summed E-state index contributed by atoms with van der Waals surface area (Å²) in [5.74, 6) is -0.752. The molecule has 0 bridgehead atoms. The lowest BCUT2D eigenvalue weighted by atomic mass is 9.83. The van der Waals surface area contributed by atoms with E-state index < -0.39 is 23.8 Å². The van der Waals surface area contributed by atoms with Gasteiger partial charge in [0.2, 0.25) is 0 Å². The second-order valence-electron chi connectivity index (χ2n) is 8.99. The van der Waals surface area contributed by atoms with Gasteiger partial charge in [-0.15, -0.1) is 0 Å². The monoisotopic (exact) mass is 421 g/mol. The van der Waals surface area contributed by atoms with Gasteiger partial charge in [-0.2, -0.15) is 0 Å². The molecule has 2 fully saturated rings. The fourth-order valence-electron chi connectivity index (χ4n) is 5.63. The minimum atomic E-state index is -1.05. The van der Waals surface area contributed by atoms with Gasteiger partial charge in [-0.3, -0.25) is 4.90 Å². The van der Waals surface area contributed by atoms with Crippen LogP contribution in [0.25, 0.3) is 11.1 Å². The van der Waals surface area contributed by atoms with Gasteiger partial charge in [-0.25, -0.2) is 9.59 Å². The number of aliphatic carboxylic acids is 1. The van der Waals surface area contributed by atoms with E-state index in [0.29, 0.717) is 18.8 Å². The number of benzene rings is 2. The highest BCUT2D eigenvalue weighted by Gasteiger charge is 2.55. The molecular weight excluding hydrogens is 394 g/mol. The van der Waals surface area contributed by atoms with Gasteiger partial charge >= 0.3 is 12.1 Å². The molecule has 0 aromatic heterocycles. The summed E-state index contributed by atoms with van der Waals surface area (Å²) in [6.07, 6.45) is 2.65. The summed E-state index contributed by atoms with van der Waals surface area (Å²) in [5, 5.41) is 9.72. The Kier molecular flexibility index (Phi) is 4.97. The quantitative estimate of drug-likeness (QED) is 0.782. The third-order valence-corrected chi connectivity index (χ3v) is 7.01. The lowest BCUT2D eigenvalue weighted by molar-refractivity contribution is -0.145. The van der Waals surface area contributed by atoms with Crippen molar-refractivity contribution in [3.8, 4) is 11.1 Å². The van der Waals surface area contributed by atoms with E-state index in [1.54, 1.807) is 0 Å². The van der Waals surface area contributed by atoms with Crippen molar-refractivity contribution < 1.29 is 24.2 Å². The Labute approximate surface area is 181 Å². The summed E-state index contributed by atoms with van der Waals surface area (Å²) in [5.41, 5.74) is 3.70. The Morgan fingerprint density at radius 1 is 1.13 bits per heavy atom. The smallest absolute Gasteiger partial charge is 0.412 e. The average molecular weight is 421 g/mol. The molecule has 1 saturated carbocycles. The largest absolute Gasteiger partial charge is 0.480 e. The molecule has 31 heavy (non-hydrogen) atoms. The standard InChI is InChI=1S/C25H27NO5/c1-16-7-6-12-25(13-16)26(22(15-31-25)23(27)28)24(29)30-14-21-19-10-4-2-8-17(19)18-9-3-5-11-20(18)21/h2-5,8-11,16,21-22H,6-7,12-15H2,1H3,(H,27,28). The van der Waals surface area contributed by atoms with Crippen molar-refractivity contribution in [1.29, 1.82) is 0 Å². The molecule has 3 unspecified atom stereocenters. The summed E-state index contributed by atoms with van der Waals surface area (Å²) in [4.78, 5) is 26.5. The Morgan fingerprint density at radius 2 is 1.77 bits per heavy atom. The molecule has 1 spiro atoms. The fraction of sp³-hybridized carbons (Fsp3) is 0.440. The van der Waals surface area contributed by atoms with Gasteiger partial charge < -0.3 is 14.6 Å². The Morgan fingerprint density at radius 3 is 2.39 bits per heavy atom. The summed E-state index contributed by atoms with van der Waals surface area (Å²) in [6.45, 7) is 2.29. The zero-order valence-corrected chi connectivity index (χ0v) is 17.6. The predicted molar refractivity (Wildman–Crippen MR) is 115 cm³/mol. The zero-order chi connectivity index (χ0) is 21.6. The van der Waals surface area contributed by atoms with Crippen molar-refractivity contribution in [1.82, 2.24) is 4.90 Å². The molecule has 3 atom stereocenters. The molecular formula is C25H27NO5. The number of rotatable bonds is 3. The van der Waals surface area contributed by atoms with E-state index in [4.69, 9.17) is 9.47 Å². The minimum absolute atomic E-state index is 0.00620. The van der Waals surface area contributed by atoms with E-state index in [9.17, 15) is 14.7 Å². The number of amides is 1. The normalized spacial score (nSPS) is 27.2. The Hall–Kier alpha value is -2.86. The van der Waals surface area contributed by atoms with Crippen LogP contribution in [-0.2, 0) is 14.3 Å². The van der Waals surface area contributed by atoms with Gasteiger partial charge in [0.05, 0.1) is 6.61 Å². The number of hydrogen-bond acceptors (Lipinski definition) is 4. The van der Waals surface area contributed by atoms with Crippen molar-refractivity contribution >= 4 is 12.1 Å². The first-order valence-electron chi connectivity index (χ1n) is 11.0. The third-order valence-electron chi connectivity index (χ3n) is 7.01. The van der Waals surface area contributed by atoms with Crippen LogP contribution in [0.2, 0.25) is 0 Å². The van der Waals surface area contributed by atoms with E-state index in [0.717, 1.165) is 35.1 Å². The van der Waals surface area contributed by atoms with Crippen molar-refractivity contribution in [2.24, 2.45) is 5.92 Å². The summed E-state index contributed by atoms with van der Waals surface area (Å²) in [7, 11) is 0. The van der Waals surface area contributed by atoms with Gasteiger partial charge in [-0.1, -0.05) is 61.9 Å². The lowest BCUT2D eigenvalue weighted by Gasteiger charge is -2.42. The molecule has 2 aromatic carbocycles. The molecule has 1 saturated heterocycles. The maximum absolute atomic E-state index is 13.3. The number of hydrogen-bond donors (Lipinski definition) is 1. The molecule has 3 aliphatic rings. The molecule has 1 heterocycles. The summed E-state index contributed by atoms with van der Waals surface area (Å²) in [6, 6.07) is 15.3. The first kappa shape index (κ1) is 20.1. The van der Waals surface area contributed by atoms with Crippen LogP contribution in [0.4, 0.5) is 4.79 Å². The van der Waals surface area contributed by atoms with E-state index in [2.05, 4.69) is 31.2 Å². The molecule has 1 amide bonds. The average Bonchev–Trinajstić information content (AvgIpc) is 3.28. The molecule has 1 N–H and O–H groups in total. The molecule has 6 heteroatoms. The van der Waals surface area contributed by atoms with E-state index in [1.165, 1.54) is 4.90 Å². The first-order valence-corrected chi connectivity index (χ1v) is 11.0. The maximum Gasteiger partial charge on any atom is 0.412 e.